The van der Waals surface area contributed by atoms with Gasteiger partial charge in [0.2, 0.25) is 0 Å². The van der Waals surface area contributed by atoms with E-state index in [1.54, 1.807) is 0 Å². The average Bonchev–Trinajstić information content (AvgIpc) is 3.44. The Morgan fingerprint density at radius 1 is 1.12 bits per heavy atom. The molecule has 2 aromatic carbocycles. The molecule has 2 aromatic rings. The summed E-state index contributed by atoms with van der Waals surface area (Å²) in [5.41, 5.74) is 2.50. The van der Waals surface area contributed by atoms with Crippen LogP contribution in [-0.2, 0) is 5.41 Å². The van der Waals surface area contributed by atoms with E-state index in [4.69, 9.17) is 0 Å². The van der Waals surface area contributed by atoms with Crippen LogP contribution < -0.4 is 5.32 Å². The van der Waals surface area contributed by atoms with Crippen molar-refractivity contribution in [2.24, 2.45) is 0 Å². The summed E-state index contributed by atoms with van der Waals surface area (Å²) in [6.45, 7) is 2.03. The summed E-state index contributed by atoms with van der Waals surface area (Å²) in [4.78, 5) is 14.8. The molecule has 1 N–H and O–H groups in total. The lowest BCUT2D eigenvalue weighted by Crippen LogP contribution is -2.42. The molecule has 1 amide bonds. The number of likely N-dealkylation sites (N-methyl/N-ethyl adjacent to an activating group) is 1. The Morgan fingerprint density at radius 2 is 1.73 bits per heavy atom. The minimum Gasteiger partial charge on any atom is -0.348 e. The first-order valence-electron chi connectivity index (χ1n) is 9.01. The number of benzene rings is 2. The molecule has 1 aliphatic rings. The predicted octanol–water partition coefficient (Wildman–Crippen LogP) is 3.66. The molecule has 2 atom stereocenters. The lowest BCUT2D eigenvalue weighted by Gasteiger charge is -2.31. The highest BCUT2D eigenvalue weighted by molar-refractivity contribution is 5.94. The van der Waals surface area contributed by atoms with Crippen LogP contribution in [0.25, 0.3) is 0 Å². The lowest BCUT2D eigenvalue weighted by atomic mass is 9.96. The molecule has 0 bridgehead atoms. The second-order valence-corrected chi connectivity index (χ2v) is 7.35. The fourth-order valence-corrected chi connectivity index (χ4v) is 3.58. The van der Waals surface area contributed by atoms with Crippen molar-refractivity contribution >= 4 is 5.91 Å². The van der Waals surface area contributed by atoms with Gasteiger partial charge in [-0.3, -0.25) is 4.79 Å². The Hall–Kier alpha value is -2.64. The van der Waals surface area contributed by atoms with Crippen LogP contribution in [0.3, 0.4) is 0 Å². The standard InChI is InChI=1S/C22H25N3O/c1-16(20(25(2)3)17-7-5-4-6-8-17)24-21(26)18-9-11-19(12-10-18)22(15-23)13-14-22/h4-12,16,20H,13-14H2,1-3H3,(H,24,26)/t16-,20-/m1/s1. The molecular formula is C22H25N3O. The first kappa shape index (κ1) is 18.2. The highest BCUT2D eigenvalue weighted by Gasteiger charge is 2.44. The van der Waals surface area contributed by atoms with E-state index in [1.165, 1.54) is 5.56 Å². The molecule has 26 heavy (non-hydrogen) atoms. The van der Waals surface area contributed by atoms with Gasteiger partial charge in [0.1, 0.15) is 0 Å². The number of carbonyl (C=O) groups is 1. The number of hydrogen-bond acceptors (Lipinski definition) is 3. The van der Waals surface area contributed by atoms with Crippen LogP contribution in [0, 0.1) is 11.3 Å². The van der Waals surface area contributed by atoms with Gasteiger partial charge in [-0.2, -0.15) is 5.26 Å². The van der Waals surface area contributed by atoms with Crippen LogP contribution in [0.1, 0.15) is 47.3 Å². The van der Waals surface area contributed by atoms with E-state index in [2.05, 4.69) is 28.4 Å². The van der Waals surface area contributed by atoms with E-state index in [0.29, 0.717) is 5.56 Å². The van der Waals surface area contributed by atoms with Gasteiger partial charge >= 0.3 is 0 Å². The van der Waals surface area contributed by atoms with E-state index >= 15 is 0 Å². The molecule has 4 heteroatoms. The average molecular weight is 347 g/mol. The molecule has 1 fully saturated rings. The van der Waals surface area contributed by atoms with E-state index in [-0.39, 0.29) is 23.4 Å². The van der Waals surface area contributed by atoms with E-state index < -0.39 is 0 Å². The van der Waals surface area contributed by atoms with Crippen molar-refractivity contribution in [1.29, 1.82) is 5.26 Å². The predicted molar refractivity (Wildman–Crippen MR) is 103 cm³/mol. The van der Waals surface area contributed by atoms with Gasteiger partial charge in [0.05, 0.1) is 17.5 Å². The van der Waals surface area contributed by atoms with Gasteiger partial charge in [0.25, 0.3) is 5.91 Å². The number of nitrogens with zero attached hydrogens (tertiary/aromatic N) is 2. The van der Waals surface area contributed by atoms with E-state index in [0.717, 1.165) is 18.4 Å². The highest BCUT2D eigenvalue weighted by Crippen LogP contribution is 2.47. The minimum atomic E-state index is -0.314. The summed E-state index contributed by atoms with van der Waals surface area (Å²) in [6, 6.07) is 20.1. The van der Waals surface area contributed by atoms with Gasteiger partial charge in [-0.15, -0.1) is 0 Å². The molecular weight excluding hydrogens is 322 g/mol. The molecule has 0 radical (unpaired) electrons. The van der Waals surface area contributed by atoms with Crippen molar-refractivity contribution in [3.8, 4) is 6.07 Å². The van der Waals surface area contributed by atoms with Gasteiger partial charge < -0.3 is 10.2 Å². The summed E-state index contributed by atoms with van der Waals surface area (Å²) in [5, 5.41) is 12.4. The third-order valence-corrected chi connectivity index (χ3v) is 5.19. The zero-order valence-electron chi connectivity index (χ0n) is 15.6. The van der Waals surface area contributed by atoms with E-state index in [9.17, 15) is 10.1 Å². The second kappa shape index (κ2) is 7.31. The molecule has 1 saturated carbocycles. The molecule has 0 heterocycles. The van der Waals surface area contributed by atoms with Gasteiger partial charge in [-0.25, -0.2) is 0 Å². The third-order valence-electron chi connectivity index (χ3n) is 5.19. The van der Waals surface area contributed by atoms with Crippen LogP contribution in [0.4, 0.5) is 0 Å². The molecule has 134 valence electrons. The smallest absolute Gasteiger partial charge is 0.251 e. The largest absolute Gasteiger partial charge is 0.348 e. The Kier molecular flexibility index (Phi) is 5.11. The quantitative estimate of drug-likeness (QED) is 0.867. The highest BCUT2D eigenvalue weighted by atomic mass is 16.1. The summed E-state index contributed by atoms with van der Waals surface area (Å²) < 4.78 is 0. The van der Waals surface area contributed by atoms with Crippen molar-refractivity contribution in [1.82, 2.24) is 10.2 Å². The fraction of sp³-hybridized carbons (Fsp3) is 0.364. The molecule has 3 rings (SSSR count). The monoisotopic (exact) mass is 347 g/mol. The SMILES string of the molecule is C[C@@H](NC(=O)c1ccc(C2(C#N)CC2)cc1)[C@H](c1ccccc1)N(C)C. The number of nitrogens with one attached hydrogen (secondary N) is 1. The number of rotatable bonds is 6. The topological polar surface area (TPSA) is 56.1 Å². The van der Waals surface area contributed by atoms with Crippen molar-refractivity contribution in [3.05, 3.63) is 71.3 Å². The molecule has 0 spiro atoms. The van der Waals surface area contributed by atoms with Crippen molar-refractivity contribution in [2.75, 3.05) is 14.1 Å². The first-order chi connectivity index (χ1) is 12.5. The zero-order valence-corrected chi connectivity index (χ0v) is 15.6. The van der Waals surface area contributed by atoms with Crippen molar-refractivity contribution in [2.45, 2.75) is 37.3 Å². The Morgan fingerprint density at radius 3 is 2.23 bits per heavy atom. The summed E-state index contributed by atoms with van der Waals surface area (Å²) in [7, 11) is 4.04. The Labute approximate surface area is 155 Å². The number of nitriles is 1. The van der Waals surface area contributed by atoms with Crippen LogP contribution in [0.15, 0.2) is 54.6 Å². The molecule has 0 unspecified atom stereocenters. The van der Waals surface area contributed by atoms with Crippen molar-refractivity contribution in [3.63, 3.8) is 0 Å². The summed E-state index contributed by atoms with van der Waals surface area (Å²) >= 11 is 0. The molecule has 0 saturated heterocycles. The van der Waals surface area contributed by atoms with Crippen LogP contribution in [0.2, 0.25) is 0 Å². The van der Waals surface area contributed by atoms with Crippen LogP contribution in [0.5, 0.6) is 0 Å². The fourth-order valence-electron chi connectivity index (χ4n) is 3.58. The molecule has 0 aliphatic heterocycles. The molecule has 1 aliphatic carbocycles. The number of hydrogen-bond donors (Lipinski definition) is 1. The van der Waals surface area contributed by atoms with Crippen molar-refractivity contribution < 1.29 is 4.79 Å². The van der Waals surface area contributed by atoms with Crippen LogP contribution in [-0.4, -0.2) is 30.9 Å². The Balaban J connectivity index is 1.71. The maximum Gasteiger partial charge on any atom is 0.251 e. The van der Waals surface area contributed by atoms with Crippen LogP contribution >= 0.6 is 0 Å². The Bertz CT molecular complexity index is 802. The third kappa shape index (κ3) is 3.63. The normalized spacial score (nSPS) is 17.2. The number of amides is 1. The lowest BCUT2D eigenvalue weighted by molar-refractivity contribution is 0.0915. The minimum absolute atomic E-state index is 0.0477. The summed E-state index contributed by atoms with van der Waals surface area (Å²) in [5.74, 6) is -0.0892. The van der Waals surface area contributed by atoms with E-state index in [1.807, 2.05) is 63.5 Å². The molecule has 4 nitrogen and oxygen atoms in total. The zero-order chi connectivity index (χ0) is 18.7. The first-order valence-corrected chi connectivity index (χ1v) is 9.01. The van der Waals surface area contributed by atoms with Gasteiger partial charge in [0.15, 0.2) is 0 Å². The number of carbonyl (C=O) groups excluding carboxylic acids is 1. The second-order valence-electron chi connectivity index (χ2n) is 7.35. The molecule has 0 aromatic heterocycles. The van der Waals surface area contributed by atoms with Gasteiger partial charge in [-0.05, 0) is 57.1 Å². The van der Waals surface area contributed by atoms with Gasteiger partial charge in [0, 0.05) is 11.6 Å². The summed E-state index contributed by atoms with van der Waals surface area (Å²) in [6.07, 6.45) is 1.82. The maximum absolute atomic E-state index is 12.7. The maximum atomic E-state index is 12.7. The van der Waals surface area contributed by atoms with Gasteiger partial charge in [-0.1, -0.05) is 42.5 Å².